The standard InChI is InChI=1S/C12H8N2.C10H8/c1-2-6-10-9(5-1)13-11-7-3-4-8-12(11)14-10;1-2-6-10-8-4-3-7-9(10)5-1/h1-8H;1-8H. The number of benzene rings is 4. The highest BCUT2D eigenvalue weighted by atomic mass is 14.8. The number of para-hydroxylation sites is 4. The monoisotopic (exact) mass is 308 g/mol. The summed E-state index contributed by atoms with van der Waals surface area (Å²) >= 11 is 0. The molecule has 0 aliphatic rings. The molecular weight excluding hydrogens is 292 g/mol. The van der Waals surface area contributed by atoms with Crippen LogP contribution in [0.2, 0.25) is 0 Å². The first-order valence-corrected chi connectivity index (χ1v) is 7.95. The van der Waals surface area contributed by atoms with E-state index in [1.54, 1.807) is 0 Å². The number of hydrogen-bond acceptors (Lipinski definition) is 2. The first kappa shape index (κ1) is 14.3. The molecular formula is C22H16N2. The highest BCUT2D eigenvalue weighted by Gasteiger charge is 1.98. The van der Waals surface area contributed by atoms with Crippen molar-refractivity contribution in [2.45, 2.75) is 0 Å². The molecule has 0 spiro atoms. The lowest BCUT2D eigenvalue weighted by molar-refractivity contribution is 1.39. The van der Waals surface area contributed by atoms with Crippen molar-refractivity contribution in [1.29, 1.82) is 0 Å². The van der Waals surface area contributed by atoms with Crippen LogP contribution in [0.25, 0.3) is 32.8 Å². The van der Waals surface area contributed by atoms with Crippen molar-refractivity contribution in [1.82, 2.24) is 9.97 Å². The van der Waals surface area contributed by atoms with Gasteiger partial charge in [0.2, 0.25) is 0 Å². The molecule has 0 bridgehead atoms. The van der Waals surface area contributed by atoms with Gasteiger partial charge >= 0.3 is 0 Å². The fourth-order valence-electron chi connectivity index (χ4n) is 2.70. The van der Waals surface area contributed by atoms with E-state index in [-0.39, 0.29) is 0 Å². The Morgan fingerprint density at radius 3 is 0.875 bits per heavy atom. The Balaban J connectivity index is 0.000000129. The molecule has 0 amide bonds. The van der Waals surface area contributed by atoms with Crippen molar-refractivity contribution in [2.75, 3.05) is 0 Å². The van der Waals surface area contributed by atoms with E-state index in [1.165, 1.54) is 10.8 Å². The third-order valence-electron chi connectivity index (χ3n) is 3.90. The average Bonchev–Trinajstić information content (AvgIpc) is 2.67. The van der Waals surface area contributed by atoms with Crippen LogP contribution in [0.15, 0.2) is 97.1 Å². The van der Waals surface area contributed by atoms with E-state index in [0.717, 1.165) is 22.1 Å². The topological polar surface area (TPSA) is 25.8 Å². The van der Waals surface area contributed by atoms with Gasteiger partial charge in [0.25, 0.3) is 0 Å². The molecule has 0 unspecified atom stereocenters. The quantitative estimate of drug-likeness (QED) is 0.347. The molecule has 1 heterocycles. The fourth-order valence-corrected chi connectivity index (χ4v) is 2.70. The fraction of sp³-hybridized carbons (Fsp3) is 0. The number of aromatic nitrogens is 2. The number of hydrogen-bond donors (Lipinski definition) is 0. The van der Waals surface area contributed by atoms with Gasteiger partial charge in [0, 0.05) is 0 Å². The lowest BCUT2D eigenvalue weighted by Gasteiger charge is -1.98. The van der Waals surface area contributed by atoms with Gasteiger partial charge in [-0.05, 0) is 35.0 Å². The highest BCUT2D eigenvalue weighted by molar-refractivity contribution is 5.85. The van der Waals surface area contributed by atoms with Crippen molar-refractivity contribution in [3.63, 3.8) is 0 Å². The van der Waals surface area contributed by atoms with Crippen molar-refractivity contribution in [2.24, 2.45) is 0 Å². The van der Waals surface area contributed by atoms with Gasteiger partial charge in [-0.25, -0.2) is 9.97 Å². The van der Waals surface area contributed by atoms with Crippen LogP contribution in [0.3, 0.4) is 0 Å². The average molecular weight is 308 g/mol. The highest BCUT2D eigenvalue weighted by Crippen LogP contribution is 2.14. The van der Waals surface area contributed by atoms with Gasteiger partial charge in [0.1, 0.15) is 0 Å². The minimum Gasteiger partial charge on any atom is -0.245 e. The number of fused-ring (bicyclic) bond motifs is 3. The number of nitrogens with zero attached hydrogens (tertiary/aromatic N) is 2. The molecule has 2 heteroatoms. The first-order chi connectivity index (χ1) is 11.9. The summed E-state index contributed by atoms with van der Waals surface area (Å²) in [6.07, 6.45) is 0. The van der Waals surface area contributed by atoms with Crippen LogP contribution in [-0.4, -0.2) is 9.97 Å². The van der Waals surface area contributed by atoms with E-state index < -0.39 is 0 Å². The Kier molecular flexibility index (Phi) is 3.86. The molecule has 0 saturated heterocycles. The minimum absolute atomic E-state index is 0.950. The van der Waals surface area contributed by atoms with E-state index in [2.05, 4.69) is 58.5 Å². The Labute approximate surface area is 140 Å². The van der Waals surface area contributed by atoms with Gasteiger partial charge in [0.15, 0.2) is 0 Å². The molecule has 0 aliphatic heterocycles. The molecule has 4 aromatic carbocycles. The third kappa shape index (κ3) is 2.95. The van der Waals surface area contributed by atoms with Crippen molar-refractivity contribution < 1.29 is 0 Å². The van der Waals surface area contributed by atoms with Gasteiger partial charge in [0.05, 0.1) is 22.1 Å². The first-order valence-electron chi connectivity index (χ1n) is 7.95. The van der Waals surface area contributed by atoms with E-state index in [0.29, 0.717) is 0 Å². The summed E-state index contributed by atoms with van der Waals surface area (Å²) in [6.45, 7) is 0. The second-order valence-electron chi connectivity index (χ2n) is 5.55. The summed E-state index contributed by atoms with van der Waals surface area (Å²) in [6, 6.07) is 32.5. The molecule has 114 valence electrons. The zero-order valence-corrected chi connectivity index (χ0v) is 13.1. The summed E-state index contributed by atoms with van der Waals surface area (Å²) in [4.78, 5) is 9.03. The zero-order chi connectivity index (χ0) is 16.2. The molecule has 24 heavy (non-hydrogen) atoms. The Hall–Kier alpha value is -3.26. The zero-order valence-electron chi connectivity index (χ0n) is 13.1. The molecule has 0 radical (unpaired) electrons. The maximum absolute atomic E-state index is 4.52. The number of rotatable bonds is 0. The molecule has 2 nitrogen and oxygen atoms in total. The predicted octanol–water partition coefficient (Wildman–Crippen LogP) is 5.62. The SMILES string of the molecule is c1ccc2ccccc2c1.c1ccc2nc3ccccc3nc2c1. The van der Waals surface area contributed by atoms with E-state index >= 15 is 0 Å². The third-order valence-corrected chi connectivity index (χ3v) is 3.90. The van der Waals surface area contributed by atoms with Crippen LogP contribution in [0.1, 0.15) is 0 Å². The minimum atomic E-state index is 0.950. The summed E-state index contributed by atoms with van der Waals surface area (Å²) in [7, 11) is 0. The van der Waals surface area contributed by atoms with Crippen LogP contribution in [0.5, 0.6) is 0 Å². The summed E-state index contributed by atoms with van der Waals surface area (Å²) < 4.78 is 0. The van der Waals surface area contributed by atoms with Crippen molar-refractivity contribution in [3.05, 3.63) is 97.1 Å². The molecule has 1 aromatic heterocycles. The van der Waals surface area contributed by atoms with Gasteiger partial charge < -0.3 is 0 Å². The van der Waals surface area contributed by atoms with Gasteiger partial charge in [-0.1, -0.05) is 72.8 Å². The lowest BCUT2D eigenvalue weighted by Crippen LogP contribution is -1.85. The molecule has 0 aliphatic carbocycles. The van der Waals surface area contributed by atoms with Crippen LogP contribution in [-0.2, 0) is 0 Å². The summed E-state index contributed by atoms with van der Waals surface area (Å²) in [5, 5.41) is 2.62. The lowest BCUT2D eigenvalue weighted by atomic mass is 10.1. The molecule has 0 atom stereocenters. The molecule has 0 saturated carbocycles. The largest absolute Gasteiger partial charge is 0.245 e. The van der Waals surface area contributed by atoms with E-state index in [4.69, 9.17) is 0 Å². The summed E-state index contributed by atoms with van der Waals surface area (Å²) in [5.41, 5.74) is 3.80. The Morgan fingerprint density at radius 1 is 0.333 bits per heavy atom. The van der Waals surface area contributed by atoms with Gasteiger partial charge in [-0.3, -0.25) is 0 Å². The van der Waals surface area contributed by atoms with Crippen molar-refractivity contribution in [3.8, 4) is 0 Å². The van der Waals surface area contributed by atoms with Crippen LogP contribution in [0.4, 0.5) is 0 Å². The smallest absolute Gasteiger partial charge is 0.0894 e. The van der Waals surface area contributed by atoms with Crippen LogP contribution >= 0.6 is 0 Å². The van der Waals surface area contributed by atoms with Gasteiger partial charge in [-0.15, -0.1) is 0 Å². The van der Waals surface area contributed by atoms with Crippen molar-refractivity contribution >= 4 is 32.8 Å². The van der Waals surface area contributed by atoms with E-state index in [1.807, 2.05) is 48.5 Å². The maximum atomic E-state index is 4.52. The van der Waals surface area contributed by atoms with Crippen LogP contribution in [0, 0.1) is 0 Å². The molecule has 0 fully saturated rings. The second kappa shape index (κ2) is 6.47. The van der Waals surface area contributed by atoms with Gasteiger partial charge in [-0.2, -0.15) is 0 Å². The molecule has 0 N–H and O–H groups in total. The predicted molar refractivity (Wildman–Crippen MR) is 101 cm³/mol. The Bertz CT molecular complexity index is 946. The maximum Gasteiger partial charge on any atom is 0.0894 e. The van der Waals surface area contributed by atoms with E-state index in [9.17, 15) is 0 Å². The molecule has 5 rings (SSSR count). The summed E-state index contributed by atoms with van der Waals surface area (Å²) in [5.74, 6) is 0. The van der Waals surface area contributed by atoms with Crippen LogP contribution < -0.4 is 0 Å². The molecule has 5 aromatic rings. The normalized spacial score (nSPS) is 10.5. The Morgan fingerprint density at radius 2 is 0.583 bits per heavy atom. The second-order valence-corrected chi connectivity index (χ2v) is 5.55.